The molecule has 0 spiro atoms. The molecule has 3 aliphatic heterocycles. The number of para-hydroxylation sites is 1. The maximum atomic E-state index is 14.2. The normalized spacial score (nSPS) is 18.0. The highest BCUT2D eigenvalue weighted by atomic mass is 32.1. The zero-order chi connectivity index (χ0) is 51.3. The fourth-order valence-electron chi connectivity index (χ4n) is 9.81. The first-order chi connectivity index (χ1) is 34.5. The number of nitrogens with one attached hydrogen (secondary N) is 3. The Morgan fingerprint density at radius 2 is 1.64 bits per heavy atom. The molecule has 0 radical (unpaired) electrons. The number of ether oxygens (including phenoxy) is 1. The fraction of sp³-hybridized carbons (Fsp3) is 0.463. The number of aliphatic hydroxyl groups is 1. The summed E-state index contributed by atoms with van der Waals surface area (Å²) in [6.45, 7) is 14.2. The largest absolute Gasteiger partial charge is 0.494 e. The third-order valence-electron chi connectivity index (χ3n) is 14.1. The van der Waals surface area contributed by atoms with Crippen LogP contribution in [-0.4, -0.2) is 132 Å². The lowest BCUT2D eigenvalue weighted by molar-refractivity contribution is -0.144. The minimum absolute atomic E-state index is 0.0262. The van der Waals surface area contributed by atoms with E-state index in [4.69, 9.17) is 9.72 Å². The van der Waals surface area contributed by atoms with Gasteiger partial charge in [-0.05, 0) is 74.0 Å². The van der Waals surface area contributed by atoms with Gasteiger partial charge in [-0.15, -0.1) is 11.3 Å². The number of amides is 4. The number of anilines is 6. The molecule has 0 saturated carbocycles. The second-order valence-corrected chi connectivity index (χ2v) is 21.1. The molecule has 3 aromatic carbocycles. The number of unbranched alkanes of at least 4 members (excludes halogenated alkanes) is 3. The Morgan fingerprint density at radius 1 is 0.903 bits per heavy atom. The second-order valence-electron chi connectivity index (χ2n) is 20.2. The fourth-order valence-corrected chi connectivity index (χ4v) is 10.6. The van der Waals surface area contributed by atoms with Gasteiger partial charge in [-0.3, -0.25) is 24.1 Å². The molecule has 4 N–H and O–H groups in total. The molecule has 4 atom stereocenters. The number of piperazine rings is 1. The van der Waals surface area contributed by atoms with Gasteiger partial charge in [0.25, 0.3) is 5.91 Å². The maximum Gasteiger partial charge on any atom is 0.260 e. The number of carbonyl (C=O) groups is 4. The molecular weight excluding hydrogens is 931 g/mol. The number of fused-ring (bicyclic) bond motifs is 2. The number of carbonyl (C=O) groups excluding carboxylic acids is 4. The Bertz CT molecular complexity index is 2740. The van der Waals surface area contributed by atoms with E-state index in [1.54, 1.807) is 36.6 Å². The molecule has 2 aromatic heterocycles. The number of methoxy groups -OCH3 is 1. The van der Waals surface area contributed by atoms with Gasteiger partial charge in [0.15, 0.2) is 5.82 Å². The topological polar surface area (TPSA) is 189 Å². The first-order valence-electron chi connectivity index (χ1n) is 25.0. The number of nitrogens with zero attached hydrogens (tertiary/aromatic N) is 8. The van der Waals surface area contributed by atoms with Crippen molar-refractivity contribution in [2.75, 3.05) is 80.5 Å². The number of hydrogen-bond acceptors (Lipinski definition) is 14. The molecule has 0 aliphatic carbocycles. The van der Waals surface area contributed by atoms with Crippen LogP contribution in [0.2, 0.25) is 0 Å². The summed E-state index contributed by atoms with van der Waals surface area (Å²) in [7, 11) is 5.28. The van der Waals surface area contributed by atoms with Gasteiger partial charge in [0, 0.05) is 71.4 Å². The van der Waals surface area contributed by atoms with Crippen molar-refractivity contribution in [1.82, 2.24) is 35.4 Å². The van der Waals surface area contributed by atoms with Gasteiger partial charge < -0.3 is 45.4 Å². The average molecular weight is 1000 g/mol. The lowest BCUT2D eigenvalue weighted by Crippen LogP contribution is -2.57. The summed E-state index contributed by atoms with van der Waals surface area (Å²) in [5.41, 5.74) is 7.93. The molecule has 17 nitrogen and oxygen atoms in total. The van der Waals surface area contributed by atoms with Crippen LogP contribution < -0.4 is 35.4 Å². The zero-order valence-electron chi connectivity index (χ0n) is 42.8. The van der Waals surface area contributed by atoms with E-state index in [-0.39, 0.29) is 42.6 Å². The van der Waals surface area contributed by atoms with E-state index in [9.17, 15) is 24.3 Å². The predicted molar refractivity (Wildman–Crippen MR) is 284 cm³/mol. The number of benzene rings is 3. The second kappa shape index (κ2) is 22.4. The minimum Gasteiger partial charge on any atom is -0.494 e. The van der Waals surface area contributed by atoms with Crippen molar-refractivity contribution < 1.29 is 29.0 Å². The van der Waals surface area contributed by atoms with Gasteiger partial charge in [-0.2, -0.15) is 4.98 Å². The van der Waals surface area contributed by atoms with Crippen molar-refractivity contribution in [3.8, 4) is 16.2 Å². The number of β-amino-alcohol motifs (C(OH)–C–C–N with tert-alkyl or cyclic N) is 1. The lowest BCUT2D eigenvalue weighted by atomic mass is 9.85. The summed E-state index contributed by atoms with van der Waals surface area (Å²) in [6.07, 6.45) is 4.86. The van der Waals surface area contributed by atoms with Crippen LogP contribution in [0, 0.1) is 12.3 Å². The highest BCUT2D eigenvalue weighted by Crippen LogP contribution is 2.39. The van der Waals surface area contributed by atoms with Crippen molar-refractivity contribution in [1.29, 1.82) is 0 Å². The lowest BCUT2D eigenvalue weighted by Gasteiger charge is -2.36. The van der Waals surface area contributed by atoms with Crippen molar-refractivity contribution in [3.63, 3.8) is 0 Å². The number of hydrogen-bond donors (Lipinski definition) is 4. The summed E-state index contributed by atoms with van der Waals surface area (Å²) < 4.78 is 5.83. The van der Waals surface area contributed by atoms with E-state index in [2.05, 4.69) is 41.8 Å². The summed E-state index contributed by atoms with van der Waals surface area (Å²) in [6, 6.07) is 19.6. The monoisotopic (exact) mass is 1000 g/mol. The Labute approximate surface area is 427 Å². The molecule has 3 aliphatic rings. The predicted octanol–water partition coefficient (Wildman–Crippen LogP) is 7.46. The van der Waals surface area contributed by atoms with Crippen LogP contribution in [-0.2, 0) is 14.4 Å². The number of aromatic nitrogens is 3. The molecule has 5 aromatic rings. The molecule has 2 fully saturated rings. The van der Waals surface area contributed by atoms with Gasteiger partial charge in [-0.1, -0.05) is 70.0 Å². The SMILES string of the molecule is COc1cc(N2CCN(CCCCCCC(=O)NC(C(=O)N3CC(O)CC3C(=O)NC(C)c3ccc(-c4scnc4C)cc3)C(C)(C)C)CC2)ccc1Nc1ncc2c(n1)N(C)c1ccccc1C(=O)N2C. The Kier molecular flexibility index (Phi) is 16.1. The van der Waals surface area contributed by atoms with Gasteiger partial charge in [0.05, 0.1) is 58.5 Å². The molecule has 4 amide bonds. The van der Waals surface area contributed by atoms with Crippen LogP contribution in [0.1, 0.15) is 93.9 Å². The van der Waals surface area contributed by atoms with Gasteiger partial charge in [0.1, 0.15) is 23.5 Å². The van der Waals surface area contributed by atoms with Crippen LogP contribution in [0.5, 0.6) is 5.75 Å². The average Bonchev–Trinajstić information content (AvgIpc) is 3.99. The molecule has 0 bridgehead atoms. The van der Waals surface area contributed by atoms with E-state index in [0.717, 1.165) is 90.7 Å². The smallest absolute Gasteiger partial charge is 0.260 e. The van der Waals surface area contributed by atoms with Gasteiger partial charge in [0.2, 0.25) is 23.7 Å². The van der Waals surface area contributed by atoms with E-state index in [0.29, 0.717) is 41.6 Å². The number of aryl methyl sites for hydroxylation is 1. The maximum absolute atomic E-state index is 14.2. The van der Waals surface area contributed by atoms with Crippen LogP contribution in [0.3, 0.4) is 0 Å². The first kappa shape index (κ1) is 51.7. The number of aliphatic hydroxyl groups excluding tert-OH is 1. The summed E-state index contributed by atoms with van der Waals surface area (Å²) in [5, 5.41) is 20.1. The van der Waals surface area contributed by atoms with E-state index >= 15 is 0 Å². The third kappa shape index (κ3) is 11.7. The quantitative estimate of drug-likeness (QED) is 0.0673. The van der Waals surface area contributed by atoms with Gasteiger partial charge >= 0.3 is 0 Å². The highest BCUT2D eigenvalue weighted by molar-refractivity contribution is 7.13. The zero-order valence-corrected chi connectivity index (χ0v) is 43.6. The molecule has 8 rings (SSSR count). The minimum atomic E-state index is -0.862. The highest BCUT2D eigenvalue weighted by Gasteiger charge is 2.45. The van der Waals surface area contributed by atoms with E-state index in [1.807, 2.05) is 113 Å². The van der Waals surface area contributed by atoms with Crippen LogP contribution in [0.4, 0.5) is 34.5 Å². The number of rotatable bonds is 17. The third-order valence-corrected chi connectivity index (χ3v) is 15.1. The molecule has 18 heteroatoms. The van der Waals surface area contributed by atoms with Crippen molar-refractivity contribution in [3.05, 3.63) is 95.3 Å². The van der Waals surface area contributed by atoms with Crippen molar-refractivity contribution in [2.45, 2.75) is 97.4 Å². The summed E-state index contributed by atoms with van der Waals surface area (Å²) in [4.78, 5) is 79.1. The summed E-state index contributed by atoms with van der Waals surface area (Å²) >= 11 is 1.59. The van der Waals surface area contributed by atoms with Crippen LogP contribution in [0.25, 0.3) is 10.4 Å². The summed E-state index contributed by atoms with van der Waals surface area (Å²) in [5.74, 6) is 0.647. The van der Waals surface area contributed by atoms with E-state index < -0.39 is 23.6 Å². The van der Waals surface area contributed by atoms with Crippen LogP contribution in [0.15, 0.2) is 78.4 Å². The van der Waals surface area contributed by atoms with Crippen molar-refractivity contribution in [2.24, 2.45) is 5.41 Å². The van der Waals surface area contributed by atoms with Crippen molar-refractivity contribution >= 4 is 69.5 Å². The standard InChI is InChI=1S/C54H69N11O6S/c1-34(36-18-20-37(21-19-36)47-35(2)56-33-72-47)57-50(68)43-30-39(66)32-65(43)52(70)48(54(3,4)5)59-46(67)17-11-9-10-14-24-63-25-27-64(28-26-63)38-22-23-41(45(29-38)71-8)58-53-55-31-44-49(60-53)61(6)42-16-13-12-15-40(42)51(69)62(44)7/h12-13,15-16,18-23,29,31,33-34,39,43,48,66H,9-11,14,17,24-28,30,32H2,1-8H3,(H,57,68)(H,59,67)(H,55,58,60). The number of likely N-dealkylation sites (tertiary alicyclic amines) is 1. The molecule has 4 unspecified atom stereocenters. The number of thiazole rings is 1. The van der Waals surface area contributed by atoms with Crippen LogP contribution >= 0.6 is 11.3 Å². The Balaban J connectivity index is 0.760. The Morgan fingerprint density at radius 3 is 2.35 bits per heavy atom. The molecular formula is C54H69N11O6S. The first-order valence-corrected chi connectivity index (χ1v) is 25.9. The Hall–Kier alpha value is -6.63. The molecule has 72 heavy (non-hydrogen) atoms. The molecule has 5 heterocycles. The van der Waals surface area contributed by atoms with Gasteiger partial charge in [-0.25, -0.2) is 9.97 Å². The van der Waals surface area contributed by atoms with E-state index in [1.165, 1.54) is 4.90 Å². The molecule has 2 saturated heterocycles. The molecule has 382 valence electrons.